The maximum Gasteiger partial charge on any atom is 0.326 e. The Labute approximate surface area is 316 Å². The number of hydrogen-bond acceptors (Lipinski definition) is 6. The molecule has 0 bridgehead atoms. The number of amidine groups is 1. The number of benzene rings is 3. The molecule has 4 amide bonds. The Kier molecular flexibility index (Phi) is 12.1. The monoisotopic (exact) mass is 746 g/mol. The number of likely N-dealkylation sites (tertiary alicyclic amines) is 1. The Morgan fingerprint density at radius 2 is 1.44 bits per heavy atom. The zero-order valence-electron chi connectivity index (χ0n) is 30.4. The maximum absolute atomic E-state index is 15.0. The average molecular weight is 748 g/mol. The number of halogens is 2. The van der Waals surface area contributed by atoms with Gasteiger partial charge in [-0.25, -0.2) is 4.79 Å². The Morgan fingerprint density at radius 3 is 2.04 bits per heavy atom. The Balaban J connectivity index is 1.39. The molecule has 10 nitrogen and oxygen atoms in total. The quantitative estimate of drug-likeness (QED) is 0.232. The van der Waals surface area contributed by atoms with Crippen molar-refractivity contribution in [2.24, 2.45) is 4.99 Å². The maximum atomic E-state index is 15.0. The molecule has 3 heterocycles. The van der Waals surface area contributed by atoms with Crippen LogP contribution in [0.25, 0.3) is 0 Å². The van der Waals surface area contributed by atoms with E-state index in [0.29, 0.717) is 72.1 Å². The number of aliphatic imine (C=N–C) groups is 1. The minimum atomic E-state index is -0.524. The third kappa shape index (κ3) is 8.24. The van der Waals surface area contributed by atoms with E-state index in [9.17, 15) is 14.4 Å². The van der Waals surface area contributed by atoms with Crippen LogP contribution < -0.4 is 4.74 Å². The van der Waals surface area contributed by atoms with Crippen molar-refractivity contribution in [2.75, 3.05) is 59.5 Å². The molecule has 2 fully saturated rings. The van der Waals surface area contributed by atoms with Gasteiger partial charge in [-0.1, -0.05) is 47.5 Å². The molecule has 3 aromatic carbocycles. The molecule has 0 radical (unpaired) electrons. The van der Waals surface area contributed by atoms with Crippen molar-refractivity contribution in [3.05, 3.63) is 99.0 Å². The molecule has 2 atom stereocenters. The number of piperazine rings is 1. The van der Waals surface area contributed by atoms with Gasteiger partial charge in [-0.2, -0.15) is 0 Å². The van der Waals surface area contributed by atoms with E-state index in [4.69, 9.17) is 32.9 Å². The predicted octanol–water partition coefficient (Wildman–Crippen LogP) is 7.17. The fourth-order valence-corrected chi connectivity index (χ4v) is 7.34. The Bertz CT molecular complexity index is 1770. The van der Waals surface area contributed by atoms with Crippen LogP contribution in [0.1, 0.15) is 79.2 Å². The van der Waals surface area contributed by atoms with Crippen LogP contribution in [0.2, 0.25) is 10.0 Å². The van der Waals surface area contributed by atoms with Gasteiger partial charge >= 0.3 is 6.03 Å². The normalized spacial score (nSPS) is 19.5. The highest BCUT2D eigenvalue weighted by atomic mass is 35.5. The lowest BCUT2D eigenvalue weighted by atomic mass is 9.93. The Morgan fingerprint density at radius 1 is 0.827 bits per heavy atom. The lowest BCUT2D eigenvalue weighted by Gasteiger charge is -2.39. The van der Waals surface area contributed by atoms with Gasteiger partial charge in [0.2, 0.25) is 5.91 Å². The van der Waals surface area contributed by atoms with E-state index >= 15 is 0 Å². The van der Waals surface area contributed by atoms with Gasteiger partial charge in [0.1, 0.15) is 17.6 Å². The number of amides is 4. The van der Waals surface area contributed by atoms with Gasteiger partial charge in [-0.3, -0.25) is 24.4 Å². The second-order valence-corrected chi connectivity index (χ2v) is 14.8. The summed E-state index contributed by atoms with van der Waals surface area (Å²) in [5, 5.41) is 1.19. The van der Waals surface area contributed by atoms with E-state index < -0.39 is 12.1 Å². The van der Waals surface area contributed by atoms with Crippen molar-refractivity contribution in [2.45, 2.75) is 58.2 Å². The van der Waals surface area contributed by atoms with Gasteiger partial charge in [0.05, 0.1) is 24.8 Å². The zero-order chi connectivity index (χ0) is 36.9. The molecule has 6 rings (SSSR count). The summed E-state index contributed by atoms with van der Waals surface area (Å²) >= 11 is 12.7. The molecule has 276 valence electrons. The number of nitrogens with zero attached hydrogens (tertiary/aromatic N) is 6. The molecule has 0 spiro atoms. The van der Waals surface area contributed by atoms with Gasteiger partial charge in [0, 0.05) is 68.0 Å². The summed E-state index contributed by atoms with van der Waals surface area (Å²) in [5.41, 5.74) is 2.93. The van der Waals surface area contributed by atoms with Crippen molar-refractivity contribution in [3.63, 3.8) is 0 Å². The minimum absolute atomic E-state index is 0.0254. The van der Waals surface area contributed by atoms with Gasteiger partial charge in [0.25, 0.3) is 5.91 Å². The van der Waals surface area contributed by atoms with Gasteiger partial charge in [-0.05, 0) is 93.6 Å². The number of urea groups is 1. The lowest BCUT2D eigenvalue weighted by molar-refractivity contribution is -0.132. The van der Waals surface area contributed by atoms with Crippen molar-refractivity contribution in [1.29, 1.82) is 0 Å². The largest absolute Gasteiger partial charge is 0.493 e. The second kappa shape index (κ2) is 16.7. The predicted molar refractivity (Wildman–Crippen MR) is 205 cm³/mol. The smallest absolute Gasteiger partial charge is 0.326 e. The van der Waals surface area contributed by atoms with Crippen LogP contribution in [-0.2, 0) is 4.79 Å². The molecule has 52 heavy (non-hydrogen) atoms. The molecule has 3 aliphatic rings. The van der Waals surface area contributed by atoms with Crippen LogP contribution in [0.5, 0.6) is 5.75 Å². The SMILES string of the molecule is CCOc1cc(C(=O)N2CCCCC2)ccc1C1=N[C@@H](c2ccc(Cl)cc2)[C@@H](c2ccc(Cl)cc2)N1C(=O)N1CCN(CC(=O)N(C)C(C)C)CC1. The summed E-state index contributed by atoms with van der Waals surface area (Å²) in [6, 6.07) is 19.5. The van der Waals surface area contributed by atoms with Crippen LogP contribution in [0, 0.1) is 0 Å². The number of piperidine rings is 1. The number of ether oxygens (including phenoxy) is 1. The number of likely N-dealkylation sites (N-methyl/N-ethyl adjacent to an activating group) is 1. The third-order valence-electron chi connectivity index (χ3n) is 10.3. The van der Waals surface area contributed by atoms with E-state index in [1.54, 1.807) is 15.9 Å². The molecule has 2 saturated heterocycles. The minimum Gasteiger partial charge on any atom is -0.493 e. The highest BCUT2D eigenvalue weighted by Crippen LogP contribution is 2.45. The highest BCUT2D eigenvalue weighted by molar-refractivity contribution is 6.30. The van der Waals surface area contributed by atoms with Gasteiger partial charge < -0.3 is 19.4 Å². The van der Waals surface area contributed by atoms with Crippen molar-refractivity contribution in [1.82, 2.24) is 24.5 Å². The van der Waals surface area contributed by atoms with Crippen LogP contribution in [0.3, 0.4) is 0 Å². The molecule has 0 saturated carbocycles. The topological polar surface area (TPSA) is 89.0 Å². The summed E-state index contributed by atoms with van der Waals surface area (Å²) in [4.78, 5) is 56.1. The second-order valence-electron chi connectivity index (χ2n) is 14.0. The summed E-state index contributed by atoms with van der Waals surface area (Å²) in [6.45, 7) is 10.1. The van der Waals surface area contributed by atoms with E-state index in [1.807, 2.05) is 98.3 Å². The van der Waals surface area contributed by atoms with Crippen molar-refractivity contribution >= 4 is 46.9 Å². The molecule has 12 heteroatoms. The molecule has 3 aliphatic heterocycles. The van der Waals surface area contributed by atoms with Gasteiger partial charge in [0.15, 0.2) is 0 Å². The van der Waals surface area contributed by atoms with E-state index in [2.05, 4.69) is 4.90 Å². The first-order valence-corrected chi connectivity index (χ1v) is 19.0. The molecule has 0 aromatic heterocycles. The summed E-state index contributed by atoms with van der Waals surface area (Å²) in [5.74, 6) is 0.984. The first kappa shape index (κ1) is 37.6. The van der Waals surface area contributed by atoms with Crippen LogP contribution >= 0.6 is 23.2 Å². The van der Waals surface area contributed by atoms with E-state index in [1.165, 1.54) is 0 Å². The highest BCUT2D eigenvalue weighted by Gasteiger charge is 2.45. The van der Waals surface area contributed by atoms with Crippen molar-refractivity contribution < 1.29 is 19.1 Å². The molecule has 0 N–H and O–H groups in total. The average Bonchev–Trinajstić information content (AvgIpc) is 3.55. The molecule has 0 unspecified atom stereocenters. The first-order valence-electron chi connectivity index (χ1n) is 18.3. The number of hydrogen-bond donors (Lipinski definition) is 0. The van der Waals surface area contributed by atoms with Crippen LogP contribution in [0.4, 0.5) is 4.79 Å². The lowest BCUT2D eigenvalue weighted by Crippen LogP contribution is -2.55. The molecular weight excluding hydrogens is 699 g/mol. The van der Waals surface area contributed by atoms with E-state index in [-0.39, 0.29) is 23.9 Å². The fourth-order valence-electron chi connectivity index (χ4n) is 7.09. The zero-order valence-corrected chi connectivity index (χ0v) is 31.9. The Hall–Kier alpha value is -4.12. The van der Waals surface area contributed by atoms with Crippen LogP contribution in [-0.4, -0.2) is 114 Å². The summed E-state index contributed by atoms with van der Waals surface area (Å²) < 4.78 is 6.22. The number of carbonyl (C=O) groups is 3. The van der Waals surface area contributed by atoms with E-state index in [0.717, 1.165) is 43.5 Å². The van der Waals surface area contributed by atoms with Crippen LogP contribution in [0.15, 0.2) is 71.7 Å². The first-order chi connectivity index (χ1) is 25.0. The molecular formula is C40H48Cl2N6O4. The molecule has 0 aliphatic carbocycles. The number of carbonyl (C=O) groups excluding carboxylic acids is 3. The van der Waals surface area contributed by atoms with Gasteiger partial charge in [-0.15, -0.1) is 0 Å². The van der Waals surface area contributed by atoms with Crippen molar-refractivity contribution in [3.8, 4) is 5.75 Å². The number of rotatable bonds is 9. The summed E-state index contributed by atoms with van der Waals surface area (Å²) in [6.07, 6.45) is 3.12. The standard InChI is InChI=1S/C40H48Cl2N6O4/c1-5-52-34-25-30(39(50)46-19-7-6-8-20-46)13-18-33(34)38-43-36(28-9-14-31(41)15-10-28)37(29-11-16-32(42)17-12-29)48(38)40(51)47-23-21-45(22-24-47)26-35(49)44(4)27(2)3/h9-18,25,27,36-37H,5-8,19-24,26H2,1-4H3/t36-,37+/m0/s1. The molecule has 3 aromatic rings. The fraction of sp³-hybridized carbons (Fsp3) is 0.450. The third-order valence-corrected chi connectivity index (χ3v) is 10.8. The summed E-state index contributed by atoms with van der Waals surface area (Å²) in [7, 11) is 1.82.